The Hall–Kier alpha value is -2.45. The summed E-state index contributed by atoms with van der Waals surface area (Å²) in [7, 11) is -4.10. The number of hydrogen-bond donors (Lipinski definition) is 4. The van der Waals surface area contributed by atoms with Gasteiger partial charge in [0.15, 0.2) is 0 Å². The summed E-state index contributed by atoms with van der Waals surface area (Å²) in [5, 5.41) is 24.8. The second-order valence-electron chi connectivity index (χ2n) is 9.68. The summed E-state index contributed by atoms with van der Waals surface area (Å²) in [5.41, 5.74) is 1.97. The molecule has 2 fully saturated rings. The van der Waals surface area contributed by atoms with E-state index in [1.54, 1.807) is 0 Å². The number of benzene rings is 1. The molecule has 5 N–H and O–H groups in total. The van der Waals surface area contributed by atoms with Crippen molar-refractivity contribution in [3.8, 4) is 0 Å². The molecule has 0 spiro atoms. The number of aliphatic hydroxyl groups excluding tert-OH is 1. The molecule has 38 heavy (non-hydrogen) atoms. The first-order valence-corrected chi connectivity index (χ1v) is 14.9. The third-order valence-electron chi connectivity index (χ3n) is 7.19. The van der Waals surface area contributed by atoms with E-state index in [9.17, 15) is 18.3 Å². The zero-order valence-electron chi connectivity index (χ0n) is 20.3. The number of aromatic nitrogens is 2. The fraction of sp³-hybridized carbons (Fsp3) is 0.400. The molecule has 0 unspecified atom stereocenters. The Kier molecular flexibility index (Phi) is 7.83. The van der Waals surface area contributed by atoms with Crippen LogP contribution in [-0.2, 0) is 20.0 Å². The first kappa shape index (κ1) is 27.1. The fourth-order valence-corrected chi connectivity index (χ4v) is 6.84. The number of ketones is 1. The van der Waals surface area contributed by atoms with Crippen molar-refractivity contribution >= 4 is 44.8 Å². The lowest BCUT2D eigenvalue weighted by atomic mass is 9.83. The third-order valence-corrected chi connectivity index (χ3v) is 8.82. The molecule has 0 amide bonds. The molecule has 3 heterocycles. The molecule has 202 valence electrons. The Labute approximate surface area is 229 Å². The molecule has 13 heteroatoms. The molecule has 2 aromatic heterocycles. The minimum atomic E-state index is -4.10. The van der Waals surface area contributed by atoms with Crippen molar-refractivity contribution < 1.29 is 22.5 Å². The van der Waals surface area contributed by atoms with Gasteiger partial charge in [-0.1, -0.05) is 23.7 Å². The predicted molar refractivity (Wildman–Crippen MR) is 144 cm³/mol. The smallest absolute Gasteiger partial charge is 0.333 e. The van der Waals surface area contributed by atoms with E-state index >= 15 is 0 Å². The van der Waals surface area contributed by atoms with Gasteiger partial charge in [-0.25, -0.2) is 15.1 Å². The number of thiophene rings is 1. The van der Waals surface area contributed by atoms with Crippen LogP contribution in [0.1, 0.15) is 52.0 Å². The first-order chi connectivity index (χ1) is 18.1. The Bertz CT molecular complexity index is 1430. The van der Waals surface area contributed by atoms with Crippen molar-refractivity contribution in [3.63, 3.8) is 0 Å². The van der Waals surface area contributed by atoms with Crippen LogP contribution in [0.25, 0.3) is 0 Å². The zero-order valence-corrected chi connectivity index (χ0v) is 22.7. The van der Waals surface area contributed by atoms with E-state index < -0.39 is 27.9 Å². The van der Waals surface area contributed by atoms with Crippen LogP contribution in [0.3, 0.4) is 0 Å². The number of nitrogens with two attached hydrogens (primary N) is 1. The van der Waals surface area contributed by atoms with Gasteiger partial charge in [0.25, 0.3) is 0 Å². The molecule has 5 rings (SSSR count). The highest BCUT2D eigenvalue weighted by Gasteiger charge is 2.39. The Morgan fingerprint density at radius 2 is 2.16 bits per heavy atom. The average Bonchev–Trinajstić information content (AvgIpc) is 3.63. The molecule has 0 bridgehead atoms. The molecule has 1 aliphatic carbocycles. The van der Waals surface area contributed by atoms with Crippen molar-refractivity contribution in [1.82, 2.24) is 15.3 Å². The zero-order chi connectivity index (χ0) is 26.9. The van der Waals surface area contributed by atoms with E-state index in [0.29, 0.717) is 34.1 Å². The SMILES string of the molecule is NS(=O)(=O)OC[C@H]1C[C@@H](Nc2ncncc2C(=O)c2cc([C@@]3(c4cccc(Cl)c4)CCCN3)cs2)C[C@H]1O. The lowest BCUT2D eigenvalue weighted by Crippen LogP contribution is -2.37. The molecule has 3 aromatic rings. The molecule has 0 radical (unpaired) electrons. The fourth-order valence-electron chi connectivity index (χ4n) is 5.36. The third kappa shape index (κ3) is 5.76. The number of carbonyl (C=O) groups is 1. The van der Waals surface area contributed by atoms with Crippen LogP contribution < -0.4 is 15.8 Å². The van der Waals surface area contributed by atoms with Crippen molar-refractivity contribution in [2.45, 2.75) is 43.4 Å². The molecular formula is C25H28ClN5O5S2. The van der Waals surface area contributed by atoms with E-state index in [1.807, 2.05) is 35.7 Å². The van der Waals surface area contributed by atoms with E-state index in [-0.39, 0.29) is 18.4 Å². The molecule has 1 aromatic carbocycles. The van der Waals surface area contributed by atoms with Crippen LogP contribution in [-0.4, -0.2) is 54.6 Å². The largest absolute Gasteiger partial charge is 0.393 e. The second-order valence-corrected chi connectivity index (χ2v) is 12.2. The maximum Gasteiger partial charge on any atom is 0.333 e. The molecule has 10 nitrogen and oxygen atoms in total. The highest BCUT2D eigenvalue weighted by molar-refractivity contribution is 7.84. The van der Waals surface area contributed by atoms with Crippen molar-refractivity contribution in [2.75, 3.05) is 18.5 Å². The number of anilines is 1. The lowest BCUT2D eigenvalue weighted by Gasteiger charge is -2.30. The Morgan fingerprint density at radius 1 is 1.32 bits per heavy atom. The van der Waals surface area contributed by atoms with Gasteiger partial charge in [-0.2, -0.15) is 8.42 Å². The highest BCUT2D eigenvalue weighted by atomic mass is 35.5. The average molecular weight is 578 g/mol. The van der Waals surface area contributed by atoms with E-state index in [0.717, 1.165) is 30.5 Å². The number of aliphatic hydroxyl groups is 1. The van der Waals surface area contributed by atoms with Gasteiger partial charge in [0.05, 0.1) is 28.7 Å². The molecule has 1 saturated heterocycles. The summed E-state index contributed by atoms with van der Waals surface area (Å²) in [4.78, 5) is 22.5. The lowest BCUT2D eigenvalue weighted by molar-refractivity contribution is 0.101. The molecule has 1 aliphatic heterocycles. The number of nitrogens with one attached hydrogen (secondary N) is 2. The summed E-state index contributed by atoms with van der Waals surface area (Å²) in [6.45, 7) is 0.650. The van der Waals surface area contributed by atoms with Gasteiger partial charge in [-0.15, -0.1) is 11.3 Å². The molecular weight excluding hydrogens is 550 g/mol. The van der Waals surface area contributed by atoms with Crippen LogP contribution >= 0.6 is 22.9 Å². The van der Waals surface area contributed by atoms with E-state index in [4.69, 9.17) is 16.7 Å². The summed E-state index contributed by atoms with van der Waals surface area (Å²) in [5.74, 6) is -0.279. The van der Waals surface area contributed by atoms with E-state index in [2.05, 4.69) is 24.8 Å². The quantitative estimate of drug-likeness (QED) is 0.281. The number of carbonyl (C=O) groups excluding carboxylic acids is 1. The van der Waals surface area contributed by atoms with Crippen LogP contribution in [0, 0.1) is 5.92 Å². The highest BCUT2D eigenvalue weighted by Crippen LogP contribution is 2.41. The van der Waals surface area contributed by atoms with Crippen LogP contribution in [0.2, 0.25) is 5.02 Å². The summed E-state index contributed by atoms with van der Waals surface area (Å²) >= 11 is 7.66. The monoisotopic (exact) mass is 577 g/mol. The molecule has 1 saturated carbocycles. The summed E-state index contributed by atoms with van der Waals surface area (Å²) in [6, 6.07) is 9.47. The van der Waals surface area contributed by atoms with Gasteiger partial charge in [-0.3, -0.25) is 8.98 Å². The second kappa shape index (κ2) is 11.0. The number of nitrogens with zero attached hydrogens (tertiary/aromatic N) is 2. The van der Waals surface area contributed by atoms with Gasteiger partial charge in [0.2, 0.25) is 5.78 Å². The van der Waals surface area contributed by atoms with Crippen LogP contribution in [0.4, 0.5) is 5.82 Å². The van der Waals surface area contributed by atoms with Gasteiger partial charge in [0.1, 0.15) is 12.1 Å². The van der Waals surface area contributed by atoms with Crippen LogP contribution in [0.5, 0.6) is 0 Å². The maximum absolute atomic E-state index is 13.6. The minimum absolute atomic E-state index is 0.212. The van der Waals surface area contributed by atoms with E-state index in [1.165, 1.54) is 23.9 Å². The number of rotatable bonds is 9. The van der Waals surface area contributed by atoms with Gasteiger partial charge >= 0.3 is 10.3 Å². The summed E-state index contributed by atoms with van der Waals surface area (Å²) in [6.07, 6.45) is 4.70. The maximum atomic E-state index is 13.6. The number of halogens is 1. The number of hydrogen-bond acceptors (Lipinski definition) is 10. The van der Waals surface area contributed by atoms with Crippen molar-refractivity contribution in [1.29, 1.82) is 0 Å². The Balaban J connectivity index is 1.35. The first-order valence-electron chi connectivity index (χ1n) is 12.2. The van der Waals surface area contributed by atoms with Gasteiger partial charge in [0, 0.05) is 23.2 Å². The molecule has 2 aliphatic rings. The van der Waals surface area contributed by atoms with Crippen molar-refractivity contribution in [2.24, 2.45) is 11.1 Å². The predicted octanol–water partition coefficient (Wildman–Crippen LogP) is 2.82. The normalized spacial score (nSPS) is 25.5. The van der Waals surface area contributed by atoms with Crippen LogP contribution in [0.15, 0.2) is 48.2 Å². The van der Waals surface area contributed by atoms with Gasteiger partial charge in [-0.05, 0) is 66.9 Å². The van der Waals surface area contributed by atoms with Crippen molar-refractivity contribution in [3.05, 3.63) is 74.8 Å². The topological polar surface area (TPSA) is 157 Å². The van der Waals surface area contributed by atoms with Gasteiger partial charge < -0.3 is 15.7 Å². The standard InChI is InChI=1S/C25H28ClN5O5S2/c26-18-4-1-3-16(8-18)25(5-2-6-30-25)17-9-22(37-13-17)23(33)20-11-28-14-29-24(20)31-19-7-15(21(32)10-19)12-36-38(27,34)35/h1,3-4,8-9,11,13-15,19,21,30,32H,2,5-7,10,12H2,(H2,27,34,35)(H,28,29,31)/t15-,19-,21-,25+/m1/s1. The summed E-state index contributed by atoms with van der Waals surface area (Å²) < 4.78 is 26.9. The minimum Gasteiger partial charge on any atom is -0.393 e. The molecule has 4 atom stereocenters. The Morgan fingerprint density at radius 3 is 2.89 bits per heavy atom.